The first-order chi connectivity index (χ1) is 17.4. The second-order valence-corrected chi connectivity index (χ2v) is 8.08. The van der Waals surface area contributed by atoms with Crippen LogP contribution in [0.2, 0.25) is 0 Å². The summed E-state index contributed by atoms with van der Waals surface area (Å²) in [6.45, 7) is 2.36. The second-order valence-electron chi connectivity index (χ2n) is 8.08. The fourth-order valence-corrected chi connectivity index (χ4v) is 3.99. The summed E-state index contributed by atoms with van der Waals surface area (Å²) >= 11 is 0. The van der Waals surface area contributed by atoms with Crippen molar-refractivity contribution < 1.29 is 24.5 Å². The first kappa shape index (κ1) is 34.6. The topological polar surface area (TPSA) is 102 Å². The van der Waals surface area contributed by atoms with Gasteiger partial charge in [0.05, 0.1) is 7.11 Å². The van der Waals surface area contributed by atoms with Crippen molar-refractivity contribution in [2.45, 2.75) is 41.5 Å². The molecule has 0 radical (unpaired) electrons. The summed E-state index contributed by atoms with van der Waals surface area (Å²) in [5, 5.41) is 17.8. The van der Waals surface area contributed by atoms with E-state index in [-0.39, 0.29) is 33.9 Å². The molecular weight excluding hydrogens is 490 g/mol. The van der Waals surface area contributed by atoms with Crippen molar-refractivity contribution in [1.82, 2.24) is 0 Å². The number of amides is 1. The van der Waals surface area contributed by atoms with Gasteiger partial charge in [0.25, 0.3) is 0 Å². The minimum atomic E-state index is -0.725. The molecule has 0 spiro atoms. The molecule has 210 valence electrons. The number of primary amides is 1. The summed E-state index contributed by atoms with van der Waals surface area (Å²) in [7, 11) is 1.56. The maximum Gasteiger partial charge on any atom is 0.404 e. The number of aromatic hydroxyl groups is 2. The normalized spacial score (nSPS) is 10.2. The number of phenolic OH excluding ortho intramolecular Hbond substituents is 2. The van der Waals surface area contributed by atoms with E-state index >= 15 is 0 Å². The van der Waals surface area contributed by atoms with Crippen molar-refractivity contribution in [2.75, 3.05) is 13.7 Å². The van der Waals surface area contributed by atoms with Crippen LogP contribution in [-0.4, -0.2) is 30.0 Å². The van der Waals surface area contributed by atoms with Crippen LogP contribution in [0.1, 0.15) is 51.8 Å². The molecular formula is C33H43NO5. The summed E-state index contributed by atoms with van der Waals surface area (Å²) < 4.78 is 9.81. The van der Waals surface area contributed by atoms with Crippen molar-refractivity contribution >= 4 is 6.09 Å². The summed E-state index contributed by atoms with van der Waals surface area (Å²) in [6, 6.07) is 30.4. The Balaban J connectivity index is 0.000000590. The molecule has 6 heteroatoms. The molecule has 0 unspecified atom stereocenters. The zero-order chi connectivity index (χ0) is 25.9. The Morgan fingerprint density at radius 1 is 0.769 bits per heavy atom. The van der Waals surface area contributed by atoms with Gasteiger partial charge in [0.2, 0.25) is 0 Å². The van der Waals surface area contributed by atoms with Crippen LogP contribution in [0.3, 0.4) is 0 Å². The number of hydrogen-bond donors (Lipinski definition) is 3. The molecule has 0 saturated carbocycles. The predicted octanol–water partition coefficient (Wildman–Crippen LogP) is 8.16. The van der Waals surface area contributed by atoms with Gasteiger partial charge < -0.3 is 25.4 Å². The zero-order valence-corrected chi connectivity index (χ0v) is 20.4. The minimum Gasteiger partial charge on any atom is -0.508 e. The van der Waals surface area contributed by atoms with E-state index in [0.717, 1.165) is 6.42 Å². The Morgan fingerprint density at radius 2 is 1.28 bits per heavy atom. The number of phenols is 2. The molecule has 1 aliphatic carbocycles. The van der Waals surface area contributed by atoms with Crippen molar-refractivity contribution in [3.05, 3.63) is 114 Å². The number of rotatable bonds is 4. The Kier molecular flexibility index (Phi) is 15.2. The summed E-state index contributed by atoms with van der Waals surface area (Å²) in [5.41, 5.74) is 11.0. The summed E-state index contributed by atoms with van der Waals surface area (Å²) in [5.74, 6) is 1.35. The molecule has 5 rings (SSSR count). The average molecular weight is 534 g/mol. The van der Waals surface area contributed by atoms with Gasteiger partial charge in [0, 0.05) is 12.0 Å². The SMILES string of the molecule is C.C.C.CCc1cccc(O)c1.COc1cccc(O)c1.NC(=O)OCC1c2ccccc2-c2ccccc21. The smallest absolute Gasteiger partial charge is 0.404 e. The summed E-state index contributed by atoms with van der Waals surface area (Å²) in [4.78, 5) is 10.8. The highest BCUT2D eigenvalue weighted by molar-refractivity contribution is 5.79. The van der Waals surface area contributed by atoms with Gasteiger partial charge in [-0.2, -0.15) is 0 Å². The number of aryl methyl sites for hydroxylation is 1. The monoisotopic (exact) mass is 533 g/mol. The zero-order valence-electron chi connectivity index (χ0n) is 20.4. The number of hydrogen-bond acceptors (Lipinski definition) is 5. The maximum atomic E-state index is 10.8. The lowest BCUT2D eigenvalue weighted by molar-refractivity contribution is 0.153. The van der Waals surface area contributed by atoms with E-state index in [4.69, 9.17) is 25.4 Å². The summed E-state index contributed by atoms with van der Waals surface area (Å²) in [6.07, 6.45) is 0.255. The molecule has 0 heterocycles. The van der Waals surface area contributed by atoms with Crippen LogP contribution in [0.15, 0.2) is 97.1 Å². The molecule has 0 fully saturated rings. The molecule has 0 saturated heterocycles. The molecule has 4 aromatic carbocycles. The molecule has 4 aromatic rings. The van der Waals surface area contributed by atoms with Gasteiger partial charge in [-0.1, -0.05) is 95.9 Å². The Bertz CT molecular complexity index is 1200. The van der Waals surface area contributed by atoms with E-state index in [9.17, 15) is 4.79 Å². The number of methoxy groups -OCH3 is 1. The molecule has 0 atom stereocenters. The Hall–Kier alpha value is -4.45. The molecule has 0 bridgehead atoms. The molecule has 1 aliphatic rings. The van der Waals surface area contributed by atoms with Crippen LogP contribution in [0.4, 0.5) is 4.79 Å². The number of ether oxygens (including phenoxy) is 2. The van der Waals surface area contributed by atoms with E-state index in [1.165, 1.54) is 27.8 Å². The van der Waals surface area contributed by atoms with Crippen molar-refractivity contribution in [3.8, 4) is 28.4 Å². The van der Waals surface area contributed by atoms with E-state index < -0.39 is 6.09 Å². The van der Waals surface area contributed by atoms with Crippen molar-refractivity contribution in [2.24, 2.45) is 5.73 Å². The van der Waals surface area contributed by atoms with E-state index in [0.29, 0.717) is 18.1 Å². The van der Waals surface area contributed by atoms with Gasteiger partial charge in [0.1, 0.15) is 23.9 Å². The number of benzene rings is 4. The third-order valence-electron chi connectivity index (χ3n) is 5.73. The van der Waals surface area contributed by atoms with Crippen LogP contribution < -0.4 is 10.5 Å². The molecule has 0 aliphatic heterocycles. The van der Waals surface area contributed by atoms with Gasteiger partial charge in [-0.05, 0) is 58.5 Å². The van der Waals surface area contributed by atoms with E-state index in [2.05, 4.69) is 31.2 Å². The second kappa shape index (κ2) is 17.1. The minimum absolute atomic E-state index is 0. The highest BCUT2D eigenvalue weighted by Gasteiger charge is 2.28. The average Bonchev–Trinajstić information content (AvgIpc) is 3.22. The van der Waals surface area contributed by atoms with Crippen LogP contribution in [0.5, 0.6) is 17.2 Å². The fraction of sp³-hybridized carbons (Fsp3) is 0.242. The lowest BCUT2D eigenvalue weighted by Crippen LogP contribution is -2.17. The maximum absolute atomic E-state index is 10.8. The Labute approximate surface area is 233 Å². The Morgan fingerprint density at radius 3 is 1.69 bits per heavy atom. The van der Waals surface area contributed by atoms with Gasteiger partial charge in [-0.3, -0.25) is 0 Å². The van der Waals surface area contributed by atoms with E-state index in [1.54, 1.807) is 43.5 Å². The molecule has 1 amide bonds. The van der Waals surface area contributed by atoms with Crippen molar-refractivity contribution in [1.29, 1.82) is 0 Å². The van der Waals surface area contributed by atoms with Crippen LogP contribution in [0.25, 0.3) is 11.1 Å². The molecule has 39 heavy (non-hydrogen) atoms. The molecule has 4 N–H and O–H groups in total. The molecule has 6 nitrogen and oxygen atoms in total. The highest BCUT2D eigenvalue weighted by atomic mass is 16.5. The number of nitrogens with two attached hydrogens (primary N) is 1. The highest BCUT2D eigenvalue weighted by Crippen LogP contribution is 2.44. The standard InChI is InChI=1S/C15H13NO2.C8H10O.C7H8O2.3CH4/c16-15(17)18-9-14-12-7-3-1-5-10(12)11-6-2-4-8-13(11)14;1-2-7-4-3-5-8(9)6-7;1-9-7-4-2-3-6(8)5-7;;;/h1-8,14H,9H2,(H2,16,17);3-6,9H,2H2,1H3;2-5,8H,1H3;3*1H4. The van der Waals surface area contributed by atoms with Crippen LogP contribution in [0, 0.1) is 0 Å². The predicted molar refractivity (Wildman–Crippen MR) is 162 cm³/mol. The van der Waals surface area contributed by atoms with Crippen LogP contribution in [-0.2, 0) is 11.2 Å². The van der Waals surface area contributed by atoms with Gasteiger partial charge >= 0.3 is 6.09 Å². The lowest BCUT2D eigenvalue weighted by Gasteiger charge is -2.12. The van der Waals surface area contributed by atoms with Crippen molar-refractivity contribution in [3.63, 3.8) is 0 Å². The van der Waals surface area contributed by atoms with Gasteiger partial charge in [-0.15, -0.1) is 0 Å². The third kappa shape index (κ3) is 9.74. The largest absolute Gasteiger partial charge is 0.508 e. The third-order valence-corrected chi connectivity index (χ3v) is 5.73. The number of fused-ring (bicyclic) bond motifs is 3. The molecule has 0 aromatic heterocycles. The number of carbonyl (C=O) groups is 1. The first-order valence-corrected chi connectivity index (χ1v) is 11.6. The van der Waals surface area contributed by atoms with E-state index in [1.807, 2.05) is 36.4 Å². The van der Waals surface area contributed by atoms with Crippen LogP contribution >= 0.6 is 0 Å². The quantitative estimate of drug-likeness (QED) is 0.246. The lowest BCUT2D eigenvalue weighted by atomic mass is 9.98. The van der Waals surface area contributed by atoms with Gasteiger partial charge in [0.15, 0.2) is 0 Å². The first-order valence-electron chi connectivity index (χ1n) is 11.6. The fourth-order valence-electron chi connectivity index (χ4n) is 3.99. The number of carbonyl (C=O) groups excluding carboxylic acids is 1. The van der Waals surface area contributed by atoms with Gasteiger partial charge in [-0.25, -0.2) is 4.79 Å².